The third kappa shape index (κ3) is 5.07. The first-order valence-electron chi connectivity index (χ1n) is 14.0. The summed E-state index contributed by atoms with van der Waals surface area (Å²) in [5, 5.41) is 22.5. The number of nitrogens with zero attached hydrogens (tertiary/aromatic N) is 6. The van der Waals surface area contributed by atoms with Gasteiger partial charge in [0.15, 0.2) is 17.0 Å². The number of ether oxygens (including phenoxy) is 1. The molecule has 0 aliphatic heterocycles. The summed E-state index contributed by atoms with van der Waals surface area (Å²) < 4.78 is 8.79. The molecule has 3 aromatic carbocycles. The minimum absolute atomic E-state index is 0.216. The van der Waals surface area contributed by atoms with Crippen molar-refractivity contribution in [2.75, 3.05) is 20.7 Å². The predicted octanol–water partition coefficient (Wildman–Crippen LogP) is 4.34. The largest absolute Gasteiger partial charge is 0.390 e. The summed E-state index contributed by atoms with van der Waals surface area (Å²) >= 11 is 0. The quantitative estimate of drug-likeness (QED) is 0.156. The van der Waals surface area contributed by atoms with Gasteiger partial charge < -0.3 is 24.4 Å². The van der Waals surface area contributed by atoms with Crippen LogP contribution >= 0.6 is 0 Å². The van der Waals surface area contributed by atoms with E-state index in [-0.39, 0.29) is 12.5 Å². The van der Waals surface area contributed by atoms with Gasteiger partial charge in [0.25, 0.3) is 0 Å². The zero-order valence-corrected chi connectivity index (χ0v) is 23.6. The van der Waals surface area contributed by atoms with E-state index in [0.29, 0.717) is 23.4 Å². The summed E-state index contributed by atoms with van der Waals surface area (Å²) in [7, 11) is 3.75. The standard InChI is InChI=1S/C33H34N6O3/c1-38(2)21-37-31-28-32(35-20-34-31)39(22-36-28)27-18-23(29(40)30(27)41)19-42-33(24-12-6-3-7-13-24,25-14-8-4-9-15-25)26-16-10-5-11-17-26/h3-17,20-23,27,29-30,40-41H,18-19H2,1-2H3/b37-21+/t23-,27-,29+,30?/m1/s1. The molecule has 0 radical (unpaired) electrons. The summed E-state index contributed by atoms with van der Waals surface area (Å²) in [6.07, 6.45) is 3.18. The summed E-state index contributed by atoms with van der Waals surface area (Å²) in [4.78, 5) is 19.4. The maximum absolute atomic E-state index is 11.3. The highest BCUT2D eigenvalue weighted by Gasteiger charge is 2.45. The maximum atomic E-state index is 11.3. The van der Waals surface area contributed by atoms with Gasteiger partial charge in [0.1, 0.15) is 18.0 Å². The molecule has 9 heteroatoms. The second-order valence-electron chi connectivity index (χ2n) is 10.9. The molecule has 2 N–H and O–H groups in total. The number of benzene rings is 3. The molecule has 42 heavy (non-hydrogen) atoms. The monoisotopic (exact) mass is 562 g/mol. The molecular formula is C33H34N6O3. The highest BCUT2D eigenvalue weighted by Crippen LogP contribution is 2.43. The van der Waals surface area contributed by atoms with Crippen LogP contribution in [0.2, 0.25) is 0 Å². The molecule has 0 saturated heterocycles. The number of fused-ring (bicyclic) bond motifs is 1. The number of aliphatic hydroxyl groups is 2. The average molecular weight is 563 g/mol. The van der Waals surface area contributed by atoms with E-state index in [1.54, 1.807) is 12.7 Å². The molecule has 4 atom stereocenters. The van der Waals surface area contributed by atoms with E-state index in [2.05, 4.69) is 56.3 Å². The van der Waals surface area contributed by atoms with Gasteiger partial charge in [-0.25, -0.2) is 19.9 Å². The second kappa shape index (κ2) is 11.8. The minimum atomic E-state index is -1.03. The average Bonchev–Trinajstić information content (AvgIpc) is 3.58. The molecule has 2 aromatic heterocycles. The number of aromatic nitrogens is 4. The van der Waals surface area contributed by atoms with Crippen LogP contribution in [0.15, 0.2) is 109 Å². The van der Waals surface area contributed by atoms with Crippen LogP contribution in [-0.4, -0.2) is 73.9 Å². The van der Waals surface area contributed by atoms with Gasteiger partial charge in [0.05, 0.1) is 31.4 Å². The van der Waals surface area contributed by atoms with Crippen molar-refractivity contribution in [1.29, 1.82) is 0 Å². The van der Waals surface area contributed by atoms with E-state index < -0.39 is 23.9 Å². The molecule has 1 aliphatic rings. The molecular weight excluding hydrogens is 528 g/mol. The molecule has 2 heterocycles. The van der Waals surface area contributed by atoms with Gasteiger partial charge in [0.2, 0.25) is 0 Å². The van der Waals surface area contributed by atoms with Gasteiger partial charge >= 0.3 is 0 Å². The van der Waals surface area contributed by atoms with Crippen molar-refractivity contribution < 1.29 is 14.9 Å². The number of hydrogen-bond acceptors (Lipinski definition) is 7. The number of aliphatic imine (C=N–C) groups is 1. The van der Waals surface area contributed by atoms with Crippen molar-refractivity contribution in [3.63, 3.8) is 0 Å². The lowest BCUT2D eigenvalue weighted by atomic mass is 9.80. The Hall–Kier alpha value is -4.44. The van der Waals surface area contributed by atoms with Crippen LogP contribution in [0.1, 0.15) is 29.2 Å². The van der Waals surface area contributed by atoms with E-state index >= 15 is 0 Å². The van der Waals surface area contributed by atoms with Crippen LogP contribution in [0.4, 0.5) is 5.82 Å². The smallest absolute Gasteiger partial charge is 0.184 e. The second-order valence-corrected chi connectivity index (χ2v) is 10.9. The van der Waals surface area contributed by atoms with Crippen LogP contribution in [0.3, 0.4) is 0 Å². The molecule has 6 rings (SSSR count). The lowest BCUT2D eigenvalue weighted by Crippen LogP contribution is -2.37. The summed E-state index contributed by atoms with van der Waals surface area (Å²) in [5.41, 5.74) is 3.12. The summed E-state index contributed by atoms with van der Waals surface area (Å²) in [5.74, 6) is 0.102. The topological polar surface area (TPSA) is 109 Å². The van der Waals surface area contributed by atoms with Gasteiger partial charge in [-0.15, -0.1) is 0 Å². The molecule has 1 saturated carbocycles. The van der Waals surface area contributed by atoms with Gasteiger partial charge in [-0.2, -0.15) is 0 Å². The lowest BCUT2D eigenvalue weighted by Gasteiger charge is -2.37. The van der Waals surface area contributed by atoms with E-state index in [9.17, 15) is 10.2 Å². The van der Waals surface area contributed by atoms with Crippen molar-refractivity contribution in [1.82, 2.24) is 24.4 Å². The van der Waals surface area contributed by atoms with Crippen molar-refractivity contribution in [2.24, 2.45) is 10.9 Å². The molecule has 1 aliphatic carbocycles. The predicted molar refractivity (Wildman–Crippen MR) is 161 cm³/mol. The Morgan fingerprint density at radius 3 is 1.98 bits per heavy atom. The Balaban J connectivity index is 1.33. The van der Waals surface area contributed by atoms with E-state index in [1.165, 1.54) is 6.33 Å². The Labute approximate surface area is 244 Å². The van der Waals surface area contributed by atoms with Gasteiger partial charge in [-0.1, -0.05) is 91.0 Å². The summed E-state index contributed by atoms with van der Waals surface area (Å²) in [6, 6.07) is 30.0. The summed E-state index contributed by atoms with van der Waals surface area (Å²) in [6.45, 7) is 0.216. The third-order valence-corrected chi connectivity index (χ3v) is 7.93. The highest BCUT2D eigenvalue weighted by atomic mass is 16.5. The normalized spacial score (nSPS) is 20.9. The molecule has 5 aromatic rings. The minimum Gasteiger partial charge on any atom is -0.390 e. The lowest BCUT2D eigenvalue weighted by molar-refractivity contribution is -0.0495. The first-order chi connectivity index (χ1) is 20.5. The first kappa shape index (κ1) is 27.7. The fourth-order valence-electron chi connectivity index (χ4n) is 5.89. The van der Waals surface area contributed by atoms with Crippen molar-refractivity contribution in [2.45, 2.75) is 30.3 Å². The molecule has 0 bridgehead atoms. The van der Waals surface area contributed by atoms with Crippen LogP contribution in [0.25, 0.3) is 11.2 Å². The molecule has 214 valence electrons. The van der Waals surface area contributed by atoms with Gasteiger partial charge in [0, 0.05) is 20.0 Å². The Bertz CT molecular complexity index is 1550. The van der Waals surface area contributed by atoms with Crippen LogP contribution in [0.5, 0.6) is 0 Å². The molecule has 9 nitrogen and oxygen atoms in total. The number of imidazole rings is 1. The Morgan fingerprint density at radius 2 is 1.43 bits per heavy atom. The third-order valence-electron chi connectivity index (χ3n) is 7.93. The fourth-order valence-corrected chi connectivity index (χ4v) is 5.89. The number of aliphatic hydroxyl groups excluding tert-OH is 2. The SMILES string of the molecule is CN(C)/C=N/c1ncnc2c1ncn2[C@@H]1C[C@H](COC(c2ccccc2)(c2ccccc2)c2ccccc2)[C@H](O)C1O. The van der Waals surface area contributed by atoms with E-state index in [0.717, 1.165) is 16.7 Å². The van der Waals surface area contributed by atoms with Crippen LogP contribution in [0, 0.1) is 5.92 Å². The van der Waals surface area contributed by atoms with Gasteiger partial charge in [-0.3, -0.25) is 0 Å². The van der Waals surface area contributed by atoms with Gasteiger partial charge in [-0.05, 0) is 23.1 Å². The van der Waals surface area contributed by atoms with Crippen molar-refractivity contribution in [3.8, 4) is 0 Å². The van der Waals surface area contributed by atoms with E-state index in [1.807, 2.05) is 78.2 Å². The van der Waals surface area contributed by atoms with Crippen LogP contribution < -0.4 is 0 Å². The zero-order valence-electron chi connectivity index (χ0n) is 23.6. The Morgan fingerprint density at radius 1 is 0.857 bits per heavy atom. The fraction of sp³-hybridized carbons (Fsp3) is 0.273. The van der Waals surface area contributed by atoms with Crippen molar-refractivity contribution >= 4 is 23.3 Å². The Kier molecular flexibility index (Phi) is 7.80. The number of hydrogen-bond donors (Lipinski definition) is 2. The first-order valence-corrected chi connectivity index (χ1v) is 14.0. The molecule has 1 unspecified atom stereocenters. The van der Waals surface area contributed by atoms with E-state index in [4.69, 9.17) is 4.74 Å². The molecule has 1 fully saturated rings. The molecule has 0 amide bonds. The zero-order chi connectivity index (χ0) is 29.1. The number of rotatable bonds is 9. The van der Waals surface area contributed by atoms with Crippen LogP contribution in [-0.2, 0) is 10.3 Å². The highest BCUT2D eigenvalue weighted by molar-refractivity contribution is 5.83. The molecule has 0 spiro atoms. The van der Waals surface area contributed by atoms with Crippen molar-refractivity contribution in [3.05, 3.63) is 120 Å². The maximum Gasteiger partial charge on any atom is 0.184 e.